The first-order chi connectivity index (χ1) is 24.8. The highest BCUT2D eigenvalue weighted by Gasteiger charge is 2.51. The summed E-state index contributed by atoms with van der Waals surface area (Å²) in [6.45, 7) is 0. The monoisotopic (exact) mass is 674 g/mol. The molecule has 3 nitrogen and oxygen atoms in total. The lowest BCUT2D eigenvalue weighted by Gasteiger charge is -2.39. The Morgan fingerprint density at radius 1 is 0.420 bits per heavy atom. The quantitative estimate of drug-likeness (QED) is 0.187. The van der Waals surface area contributed by atoms with Gasteiger partial charge in [-0.05, 0) is 88.0 Å². The standard InChI is InChI=1S/C45H26N2OS2/c1-2-14-32-31(12-1)42-30(13-11-17-35(42)45(32)33-15-3-7-20-38(33)48-39-21-8-4-16-34(39)45)27-24-28(43-46-36-18-5-9-22-40(36)49-43)26-29(25-27)44-47-37-19-6-10-23-41(37)50-44/h1-26H. The highest BCUT2D eigenvalue weighted by molar-refractivity contribution is 7.22. The van der Waals surface area contributed by atoms with Crippen LogP contribution >= 0.6 is 22.7 Å². The third-order valence-electron chi connectivity index (χ3n) is 10.2. The van der Waals surface area contributed by atoms with Gasteiger partial charge in [0.2, 0.25) is 0 Å². The van der Waals surface area contributed by atoms with Crippen LogP contribution in [0.2, 0.25) is 0 Å². The minimum atomic E-state index is -0.520. The average Bonchev–Trinajstić information content (AvgIpc) is 3.89. The maximum absolute atomic E-state index is 6.58. The molecule has 0 saturated carbocycles. The Labute approximate surface area is 296 Å². The molecule has 7 aromatic carbocycles. The Kier molecular flexibility index (Phi) is 5.91. The zero-order chi connectivity index (χ0) is 32.8. The lowest BCUT2D eigenvalue weighted by atomic mass is 9.66. The summed E-state index contributed by atoms with van der Waals surface area (Å²) in [6.07, 6.45) is 0. The van der Waals surface area contributed by atoms with Gasteiger partial charge in [-0.25, -0.2) is 9.97 Å². The molecule has 1 aliphatic heterocycles. The molecule has 0 fully saturated rings. The fourth-order valence-corrected chi connectivity index (χ4v) is 10.1. The molecular formula is C45H26N2OS2. The SMILES string of the molecule is c1ccc2c(c1)Oc1ccccc1C21c2ccccc2-c2c(-c3cc(-c4nc5ccccc5s4)cc(-c4nc5ccccc5s4)c3)cccc21. The van der Waals surface area contributed by atoms with E-state index >= 15 is 0 Å². The van der Waals surface area contributed by atoms with Crippen LogP contribution in [0.3, 0.4) is 0 Å². The van der Waals surface area contributed by atoms with E-state index in [0.29, 0.717) is 0 Å². The summed E-state index contributed by atoms with van der Waals surface area (Å²) in [5, 5.41) is 2.01. The van der Waals surface area contributed by atoms with Gasteiger partial charge in [0.15, 0.2) is 0 Å². The van der Waals surface area contributed by atoms with E-state index in [1.54, 1.807) is 22.7 Å². The molecule has 3 heterocycles. The van der Waals surface area contributed by atoms with Crippen molar-refractivity contribution >= 4 is 43.1 Å². The largest absolute Gasteiger partial charge is 0.457 e. The molecule has 1 spiro atoms. The molecule has 0 saturated heterocycles. The van der Waals surface area contributed by atoms with Crippen LogP contribution < -0.4 is 4.74 Å². The Morgan fingerprint density at radius 2 is 0.900 bits per heavy atom. The topological polar surface area (TPSA) is 35.0 Å². The molecule has 0 bridgehead atoms. The molecule has 0 N–H and O–H groups in total. The molecule has 50 heavy (non-hydrogen) atoms. The van der Waals surface area contributed by atoms with E-state index in [1.165, 1.54) is 48.3 Å². The van der Waals surface area contributed by atoms with Crippen LogP contribution in [0.5, 0.6) is 11.5 Å². The molecular weight excluding hydrogens is 649 g/mol. The second-order valence-electron chi connectivity index (χ2n) is 12.9. The number of rotatable bonds is 3. The summed E-state index contributed by atoms with van der Waals surface area (Å²) in [4.78, 5) is 10.2. The van der Waals surface area contributed by atoms with Crippen LogP contribution in [0.25, 0.3) is 63.8 Å². The zero-order valence-corrected chi connectivity index (χ0v) is 28.3. The van der Waals surface area contributed by atoms with Crippen LogP contribution in [-0.2, 0) is 5.41 Å². The molecule has 11 rings (SSSR count). The molecule has 5 heteroatoms. The lowest BCUT2D eigenvalue weighted by Crippen LogP contribution is -2.32. The predicted molar refractivity (Wildman–Crippen MR) is 206 cm³/mol. The molecule has 9 aromatic rings. The summed E-state index contributed by atoms with van der Waals surface area (Å²) >= 11 is 3.47. The summed E-state index contributed by atoms with van der Waals surface area (Å²) < 4.78 is 8.94. The molecule has 0 unspecified atom stereocenters. The fourth-order valence-electron chi connectivity index (χ4n) is 8.16. The molecule has 2 aliphatic rings. The number of ether oxygens (including phenoxy) is 1. The van der Waals surface area contributed by atoms with E-state index in [1.807, 2.05) is 0 Å². The maximum Gasteiger partial charge on any atom is 0.132 e. The van der Waals surface area contributed by atoms with Crippen LogP contribution in [0, 0.1) is 0 Å². The Morgan fingerprint density at radius 3 is 1.52 bits per heavy atom. The van der Waals surface area contributed by atoms with E-state index in [-0.39, 0.29) is 0 Å². The third-order valence-corrected chi connectivity index (χ3v) is 12.4. The maximum atomic E-state index is 6.58. The number of hydrogen-bond donors (Lipinski definition) is 0. The summed E-state index contributed by atoms with van der Waals surface area (Å²) in [6, 6.07) is 56.5. The summed E-state index contributed by atoms with van der Waals surface area (Å²) in [5.74, 6) is 1.80. The first kappa shape index (κ1) is 28.0. The van der Waals surface area contributed by atoms with Crippen LogP contribution in [-0.4, -0.2) is 9.97 Å². The van der Waals surface area contributed by atoms with Gasteiger partial charge in [-0.2, -0.15) is 0 Å². The molecule has 0 radical (unpaired) electrons. The van der Waals surface area contributed by atoms with Crippen molar-refractivity contribution in [2.24, 2.45) is 0 Å². The van der Waals surface area contributed by atoms with E-state index in [0.717, 1.165) is 49.2 Å². The molecule has 0 amide bonds. The Hall–Kier alpha value is -5.88. The number of para-hydroxylation sites is 4. The number of benzene rings is 7. The minimum absolute atomic E-state index is 0.520. The number of fused-ring (bicyclic) bond motifs is 11. The van der Waals surface area contributed by atoms with E-state index in [2.05, 4.69) is 158 Å². The van der Waals surface area contributed by atoms with Gasteiger partial charge >= 0.3 is 0 Å². The number of nitrogens with zero attached hydrogens (tertiary/aromatic N) is 2. The van der Waals surface area contributed by atoms with Gasteiger partial charge in [-0.3, -0.25) is 0 Å². The van der Waals surface area contributed by atoms with Crippen LogP contribution in [0.4, 0.5) is 0 Å². The molecule has 1 aliphatic carbocycles. The number of aromatic nitrogens is 2. The first-order valence-electron chi connectivity index (χ1n) is 16.7. The third kappa shape index (κ3) is 3.90. The van der Waals surface area contributed by atoms with Crippen molar-refractivity contribution in [2.75, 3.05) is 0 Å². The van der Waals surface area contributed by atoms with Gasteiger partial charge in [0.1, 0.15) is 21.5 Å². The van der Waals surface area contributed by atoms with Gasteiger partial charge in [-0.15, -0.1) is 22.7 Å². The van der Waals surface area contributed by atoms with Gasteiger partial charge in [-0.1, -0.05) is 103 Å². The number of thiazole rings is 2. The van der Waals surface area contributed by atoms with Gasteiger partial charge in [0.25, 0.3) is 0 Å². The minimum Gasteiger partial charge on any atom is -0.457 e. The van der Waals surface area contributed by atoms with Crippen molar-refractivity contribution in [3.05, 3.63) is 180 Å². The van der Waals surface area contributed by atoms with Crippen molar-refractivity contribution in [1.29, 1.82) is 0 Å². The normalized spacial score (nSPS) is 13.5. The fraction of sp³-hybridized carbons (Fsp3) is 0.0222. The lowest BCUT2D eigenvalue weighted by molar-refractivity contribution is 0.436. The predicted octanol–water partition coefficient (Wildman–Crippen LogP) is 12.4. The van der Waals surface area contributed by atoms with Crippen molar-refractivity contribution in [2.45, 2.75) is 5.41 Å². The highest BCUT2D eigenvalue weighted by Crippen LogP contribution is 2.63. The summed E-state index contributed by atoms with van der Waals surface area (Å²) in [5.41, 5.74) is 13.4. The van der Waals surface area contributed by atoms with Crippen LogP contribution in [0.15, 0.2) is 158 Å². The zero-order valence-electron chi connectivity index (χ0n) is 26.6. The van der Waals surface area contributed by atoms with Crippen molar-refractivity contribution in [3.8, 4) is 54.9 Å². The van der Waals surface area contributed by atoms with E-state index in [9.17, 15) is 0 Å². The van der Waals surface area contributed by atoms with Gasteiger partial charge < -0.3 is 4.74 Å². The van der Waals surface area contributed by atoms with Crippen LogP contribution in [0.1, 0.15) is 22.3 Å². The first-order valence-corrected chi connectivity index (χ1v) is 18.4. The Balaban J connectivity index is 1.21. The van der Waals surface area contributed by atoms with E-state index < -0.39 is 5.41 Å². The average molecular weight is 675 g/mol. The summed E-state index contributed by atoms with van der Waals surface area (Å²) in [7, 11) is 0. The molecule has 234 valence electrons. The Bertz CT molecular complexity index is 2620. The van der Waals surface area contributed by atoms with E-state index in [4.69, 9.17) is 14.7 Å². The molecule has 2 aromatic heterocycles. The van der Waals surface area contributed by atoms with Gasteiger partial charge in [0, 0.05) is 22.3 Å². The second kappa shape index (κ2) is 10.6. The second-order valence-corrected chi connectivity index (χ2v) is 15.0. The van der Waals surface area contributed by atoms with Crippen molar-refractivity contribution in [1.82, 2.24) is 9.97 Å². The molecule has 0 atom stereocenters. The van der Waals surface area contributed by atoms with Gasteiger partial charge in [0.05, 0.1) is 25.8 Å². The van der Waals surface area contributed by atoms with Crippen molar-refractivity contribution < 1.29 is 4.74 Å². The number of hydrogen-bond acceptors (Lipinski definition) is 5. The van der Waals surface area contributed by atoms with Crippen molar-refractivity contribution in [3.63, 3.8) is 0 Å². The smallest absolute Gasteiger partial charge is 0.132 e. The highest BCUT2D eigenvalue weighted by atomic mass is 32.1.